The van der Waals surface area contributed by atoms with Crippen molar-refractivity contribution in [2.24, 2.45) is 5.92 Å². The van der Waals surface area contributed by atoms with Crippen molar-refractivity contribution >= 4 is 28.8 Å². The molecule has 4 atom stereocenters. The third-order valence-corrected chi connectivity index (χ3v) is 6.82. The molecule has 0 radical (unpaired) electrons. The highest BCUT2D eigenvalue weighted by molar-refractivity contribution is 7.17. The van der Waals surface area contributed by atoms with Gasteiger partial charge < -0.3 is 10.6 Å². The van der Waals surface area contributed by atoms with Crippen LogP contribution in [0.1, 0.15) is 36.4 Å². The van der Waals surface area contributed by atoms with Crippen molar-refractivity contribution in [2.75, 3.05) is 18.4 Å². The standard InChI is InChI=1S/C21H25N3O2S/c1-13-11-15-9-10-24(13)12-18(15)23-21(26)20-8-7-19(27-20)16-5-3-4-6-17(16)22-14(2)25/h3-8,13,15,18H,9-12H2,1-2H3,(H,22,25)(H,23,26)/t13?,15?,18-/m0/s1. The maximum Gasteiger partial charge on any atom is 0.261 e. The molecule has 2 bridgehead atoms. The van der Waals surface area contributed by atoms with Crippen molar-refractivity contribution in [3.05, 3.63) is 41.3 Å². The van der Waals surface area contributed by atoms with Gasteiger partial charge in [0.2, 0.25) is 5.91 Å². The first-order valence-corrected chi connectivity index (χ1v) is 10.3. The van der Waals surface area contributed by atoms with Gasteiger partial charge in [0.15, 0.2) is 0 Å². The number of piperidine rings is 3. The molecule has 3 unspecified atom stereocenters. The van der Waals surface area contributed by atoms with Crippen LogP contribution in [0.5, 0.6) is 0 Å². The molecule has 5 rings (SSSR count). The number of thiophene rings is 1. The van der Waals surface area contributed by atoms with Gasteiger partial charge >= 0.3 is 0 Å². The minimum atomic E-state index is -0.103. The predicted octanol–water partition coefficient (Wildman–Crippen LogP) is 3.59. The molecule has 0 saturated carbocycles. The van der Waals surface area contributed by atoms with E-state index in [2.05, 4.69) is 22.5 Å². The highest BCUT2D eigenvalue weighted by Gasteiger charge is 2.38. The number of hydrogen-bond donors (Lipinski definition) is 2. The Kier molecular flexibility index (Phi) is 5.02. The summed E-state index contributed by atoms with van der Waals surface area (Å²) in [5.74, 6) is 0.497. The molecule has 3 aliphatic heterocycles. The topological polar surface area (TPSA) is 61.4 Å². The average Bonchev–Trinajstić information content (AvgIpc) is 3.13. The zero-order chi connectivity index (χ0) is 19.0. The number of anilines is 1. The number of para-hydroxylation sites is 1. The van der Waals surface area contributed by atoms with Crippen LogP contribution in [-0.4, -0.2) is 41.9 Å². The first kappa shape index (κ1) is 18.2. The fraction of sp³-hybridized carbons (Fsp3) is 0.429. The Balaban J connectivity index is 1.48. The smallest absolute Gasteiger partial charge is 0.261 e. The summed E-state index contributed by atoms with van der Waals surface area (Å²) in [5, 5.41) is 6.12. The zero-order valence-electron chi connectivity index (χ0n) is 15.7. The van der Waals surface area contributed by atoms with E-state index in [-0.39, 0.29) is 17.9 Å². The first-order valence-electron chi connectivity index (χ1n) is 9.53. The van der Waals surface area contributed by atoms with Gasteiger partial charge in [-0.05, 0) is 50.4 Å². The summed E-state index contributed by atoms with van der Waals surface area (Å²) < 4.78 is 0. The summed E-state index contributed by atoms with van der Waals surface area (Å²) in [6.07, 6.45) is 2.35. The number of amides is 2. The van der Waals surface area contributed by atoms with E-state index in [9.17, 15) is 9.59 Å². The second kappa shape index (κ2) is 7.44. The van der Waals surface area contributed by atoms with Gasteiger partial charge in [-0.25, -0.2) is 0 Å². The van der Waals surface area contributed by atoms with Crippen LogP contribution in [0.15, 0.2) is 36.4 Å². The third kappa shape index (κ3) is 3.77. The van der Waals surface area contributed by atoms with Crippen molar-refractivity contribution in [1.29, 1.82) is 0 Å². The van der Waals surface area contributed by atoms with Crippen LogP contribution in [0.25, 0.3) is 10.4 Å². The van der Waals surface area contributed by atoms with Gasteiger partial charge in [0.25, 0.3) is 5.91 Å². The average molecular weight is 384 g/mol. The van der Waals surface area contributed by atoms with Gasteiger partial charge in [0.05, 0.1) is 4.88 Å². The highest BCUT2D eigenvalue weighted by Crippen LogP contribution is 2.35. The first-order chi connectivity index (χ1) is 13.0. The lowest BCUT2D eigenvalue weighted by Gasteiger charge is -2.48. The highest BCUT2D eigenvalue weighted by atomic mass is 32.1. The van der Waals surface area contributed by atoms with Crippen LogP contribution in [0.3, 0.4) is 0 Å². The number of hydrogen-bond acceptors (Lipinski definition) is 4. The summed E-state index contributed by atoms with van der Waals surface area (Å²) in [6.45, 7) is 5.89. The fourth-order valence-corrected chi connectivity index (χ4v) is 5.25. The van der Waals surface area contributed by atoms with Gasteiger partial charge in [0.1, 0.15) is 0 Å². The second-order valence-electron chi connectivity index (χ2n) is 7.60. The van der Waals surface area contributed by atoms with Gasteiger partial charge in [-0.15, -0.1) is 11.3 Å². The molecular formula is C21H25N3O2S. The molecule has 27 heavy (non-hydrogen) atoms. The van der Waals surface area contributed by atoms with E-state index in [0.29, 0.717) is 16.8 Å². The van der Waals surface area contributed by atoms with E-state index in [4.69, 9.17) is 0 Å². The fourth-order valence-electron chi connectivity index (χ4n) is 4.30. The lowest BCUT2D eigenvalue weighted by molar-refractivity contribution is -0.114. The van der Waals surface area contributed by atoms with Crippen molar-refractivity contribution in [2.45, 2.75) is 38.8 Å². The molecule has 3 saturated heterocycles. The quantitative estimate of drug-likeness (QED) is 0.848. The number of fused-ring (bicyclic) bond motifs is 3. The molecule has 5 nitrogen and oxygen atoms in total. The Hall–Kier alpha value is -2.18. The molecule has 142 valence electrons. The lowest BCUT2D eigenvalue weighted by atomic mass is 9.80. The number of nitrogens with zero attached hydrogens (tertiary/aromatic N) is 1. The minimum Gasteiger partial charge on any atom is -0.347 e. The third-order valence-electron chi connectivity index (χ3n) is 5.70. The molecule has 3 aliphatic rings. The number of rotatable bonds is 4. The molecule has 1 aromatic heterocycles. The summed E-state index contributed by atoms with van der Waals surface area (Å²) in [4.78, 5) is 28.4. The SMILES string of the molecule is CC(=O)Nc1ccccc1-c1ccc(C(=O)N[C@H]2CN3CCC2CC3C)s1. The summed E-state index contributed by atoms with van der Waals surface area (Å²) in [7, 11) is 0. The summed E-state index contributed by atoms with van der Waals surface area (Å²) in [6, 6.07) is 12.4. The molecular weight excluding hydrogens is 358 g/mol. The molecule has 2 aromatic rings. The molecule has 0 spiro atoms. The van der Waals surface area contributed by atoms with Gasteiger partial charge in [-0.3, -0.25) is 14.5 Å². The lowest BCUT2D eigenvalue weighted by Crippen LogP contribution is -2.60. The molecule has 0 aliphatic carbocycles. The Morgan fingerprint density at radius 2 is 2.00 bits per heavy atom. The Labute approximate surface area is 163 Å². The number of nitrogens with one attached hydrogen (secondary N) is 2. The van der Waals surface area contributed by atoms with E-state index >= 15 is 0 Å². The Morgan fingerprint density at radius 3 is 2.70 bits per heavy atom. The Morgan fingerprint density at radius 1 is 1.19 bits per heavy atom. The van der Waals surface area contributed by atoms with Gasteiger partial charge in [-0.2, -0.15) is 0 Å². The number of carbonyl (C=O) groups is 2. The summed E-state index contributed by atoms with van der Waals surface area (Å²) in [5.41, 5.74) is 1.71. The maximum absolute atomic E-state index is 12.8. The monoisotopic (exact) mass is 383 g/mol. The van der Waals surface area contributed by atoms with E-state index in [1.165, 1.54) is 31.1 Å². The predicted molar refractivity (Wildman–Crippen MR) is 109 cm³/mol. The van der Waals surface area contributed by atoms with E-state index < -0.39 is 0 Å². The van der Waals surface area contributed by atoms with Crippen LogP contribution < -0.4 is 10.6 Å². The normalized spacial score (nSPS) is 26.6. The van der Waals surface area contributed by atoms with Gasteiger partial charge in [-0.1, -0.05) is 18.2 Å². The largest absolute Gasteiger partial charge is 0.347 e. The molecule has 6 heteroatoms. The molecule has 1 aromatic carbocycles. The number of carbonyl (C=O) groups excluding carboxylic acids is 2. The van der Waals surface area contributed by atoms with Crippen LogP contribution >= 0.6 is 11.3 Å². The number of benzene rings is 1. The summed E-state index contributed by atoms with van der Waals surface area (Å²) >= 11 is 1.47. The minimum absolute atomic E-state index is 0.00895. The van der Waals surface area contributed by atoms with Crippen molar-refractivity contribution in [1.82, 2.24) is 10.2 Å². The molecule has 4 heterocycles. The zero-order valence-corrected chi connectivity index (χ0v) is 16.5. The van der Waals surface area contributed by atoms with Gasteiger partial charge in [0, 0.05) is 41.7 Å². The van der Waals surface area contributed by atoms with Crippen LogP contribution in [0.4, 0.5) is 5.69 Å². The van der Waals surface area contributed by atoms with Crippen molar-refractivity contribution in [3.63, 3.8) is 0 Å². The van der Waals surface area contributed by atoms with Crippen molar-refractivity contribution < 1.29 is 9.59 Å². The van der Waals surface area contributed by atoms with E-state index in [0.717, 1.165) is 29.2 Å². The Bertz CT molecular complexity index is 863. The molecule has 2 amide bonds. The van der Waals surface area contributed by atoms with Crippen LogP contribution in [0.2, 0.25) is 0 Å². The van der Waals surface area contributed by atoms with E-state index in [1.54, 1.807) is 0 Å². The second-order valence-corrected chi connectivity index (χ2v) is 8.68. The molecule has 3 fully saturated rings. The molecule has 2 N–H and O–H groups in total. The van der Waals surface area contributed by atoms with Crippen molar-refractivity contribution in [3.8, 4) is 10.4 Å². The van der Waals surface area contributed by atoms with E-state index in [1.807, 2.05) is 36.4 Å². The van der Waals surface area contributed by atoms with Crippen LogP contribution in [-0.2, 0) is 4.79 Å². The maximum atomic E-state index is 12.8. The van der Waals surface area contributed by atoms with Crippen LogP contribution in [0, 0.1) is 5.92 Å².